The maximum absolute atomic E-state index is 9.43. The number of aryl methyl sites for hydroxylation is 1. The van der Waals surface area contributed by atoms with Crippen LogP contribution < -0.4 is 0 Å². The third-order valence-electron chi connectivity index (χ3n) is 3.33. The lowest BCUT2D eigenvalue weighted by Gasteiger charge is -1.98. The van der Waals surface area contributed by atoms with Crippen molar-refractivity contribution >= 4 is 34.3 Å². The van der Waals surface area contributed by atoms with E-state index in [2.05, 4.69) is 30.1 Å². The molecule has 0 saturated carbocycles. The van der Waals surface area contributed by atoms with Crippen molar-refractivity contribution in [3.05, 3.63) is 63.3 Å². The minimum absolute atomic E-state index is 0.608. The molecule has 0 bridgehead atoms. The van der Waals surface area contributed by atoms with E-state index < -0.39 is 0 Å². The molecule has 0 aliphatic heterocycles. The maximum atomic E-state index is 9.43. The van der Waals surface area contributed by atoms with E-state index in [0.717, 1.165) is 27.6 Å². The SMILES string of the molecule is CCc1ccc(/C=C(/C#N)c2nc(-c3cccs3)cs2)cc1. The van der Waals surface area contributed by atoms with Crippen LogP contribution in [-0.4, -0.2) is 4.98 Å². The Morgan fingerprint density at radius 1 is 1.23 bits per heavy atom. The monoisotopic (exact) mass is 322 g/mol. The number of hydrogen-bond donors (Lipinski definition) is 0. The molecule has 2 aromatic heterocycles. The zero-order valence-corrected chi connectivity index (χ0v) is 13.7. The second kappa shape index (κ2) is 6.69. The molecular weight excluding hydrogens is 308 g/mol. The van der Waals surface area contributed by atoms with E-state index in [1.54, 1.807) is 11.3 Å². The van der Waals surface area contributed by atoms with Crippen LogP contribution in [0.4, 0.5) is 0 Å². The second-order valence-electron chi connectivity index (χ2n) is 4.78. The van der Waals surface area contributed by atoms with Gasteiger partial charge in [-0.15, -0.1) is 22.7 Å². The molecule has 1 aromatic carbocycles. The lowest BCUT2D eigenvalue weighted by Crippen LogP contribution is -1.83. The summed E-state index contributed by atoms with van der Waals surface area (Å²) in [5, 5.41) is 14.2. The summed E-state index contributed by atoms with van der Waals surface area (Å²) < 4.78 is 0. The van der Waals surface area contributed by atoms with E-state index in [1.165, 1.54) is 16.9 Å². The molecule has 0 spiro atoms. The van der Waals surface area contributed by atoms with Crippen molar-refractivity contribution in [2.75, 3.05) is 0 Å². The van der Waals surface area contributed by atoms with Crippen LogP contribution in [-0.2, 0) is 6.42 Å². The summed E-state index contributed by atoms with van der Waals surface area (Å²) in [5.41, 5.74) is 3.88. The Morgan fingerprint density at radius 3 is 2.68 bits per heavy atom. The van der Waals surface area contributed by atoms with Gasteiger partial charge in [0.05, 0.1) is 16.1 Å². The van der Waals surface area contributed by atoms with Gasteiger partial charge in [0, 0.05) is 5.38 Å². The summed E-state index contributed by atoms with van der Waals surface area (Å²) in [4.78, 5) is 5.72. The number of rotatable bonds is 4. The average Bonchev–Trinajstić information content (AvgIpc) is 3.24. The molecule has 4 heteroatoms. The predicted octanol–water partition coefficient (Wildman–Crippen LogP) is 5.50. The summed E-state index contributed by atoms with van der Waals surface area (Å²) in [7, 11) is 0. The van der Waals surface area contributed by atoms with Crippen LogP contribution in [0.3, 0.4) is 0 Å². The van der Waals surface area contributed by atoms with Gasteiger partial charge in [-0.25, -0.2) is 4.98 Å². The molecule has 0 N–H and O–H groups in total. The highest BCUT2D eigenvalue weighted by molar-refractivity contribution is 7.14. The van der Waals surface area contributed by atoms with E-state index >= 15 is 0 Å². The molecule has 2 heterocycles. The molecule has 3 rings (SSSR count). The van der Waals surface area contributed by atoms with Crippen LogP contribution in [0.1, 0.15) is 23.1 Å². The largest absolute Gasteiger partial charge is 0.234 e. The quantitative estimate of drug-likeness (QED) is 0.595. The first-order chi connectivity index (χ1) is 10.8. The van der Waals surface area contributed by atoms with E-state index in [0.29, 0.717) is 5.57 Å². The molecule has 0 aliphatic rings. The summed E-state index contributed by atoms with van der Waals surface area (Å²) in [6.45, 7) is 2.13. The topological polar surface area (TPSA) is 36.7 Å². The van der Waals surface area contributed by atoms with E-state index in [9.17, 15) is 5.26 Å². The van der Waals surface area contributed by atoms with Crippen molar-refractivity contribution in [2.24, 2.45) is 0 Å². The highest BCUT2D eigenvalue weighted by atomic mass is 32.1. The molecule has 0 fully saturated rings. The fourth-order valence-corrected chi connectivity index (χ4v) is 3.64. The first-order valence-corrected chi connectivity index (χ1v) is 8.76. The van der Waals surface area contributed by atoms with Gasteiger partial charge in [0.1, 0.15) is 11.1 Å². The number of nitrogens with zero attached hydrogens (tertiary/aromatic N) is 2. The predicted molar refractivity (Wildman–Crippen MR) is 94.7 cm³/mol. The van der Waals surface area contributed by atoms with Gasteiger partial charge in [0.2, 0.25) is 0 Å². The first-order valence-electron chi connectivity index (χ1n) is 7.00. The van der Waals surface area contributed by atoms with E-state index in [1.807, 2.05) is 41.1 Å². The summed E-state index contributed by atoms with van der Waals surface area (Å²) in [5.74, 6) is 0. The van der Waals surface area contributed by atoms with Crippen LogP contribution in [0.2, 0.25) is 0 Å². The number of aromatic nitrogens is 1. The number of thiazole rings is 1. The molecule has 0 radical (unpaired) electrons. The van der Waals surface area contributed by atoms with E-state index in [-0.39, 0.29) is 0 Å². The second-order valence-corrected chi connectivity index (χ2v) is 6.59. The first kappa shape index (κ1) is 14.7. The van der Waals surface area contributed by atoms with Gasteiger partial charge in [0.15, 0.2) is 0 Å². The van der Waals surface area contributed by atoms with Crippen molar-refractivity contribution in [3.63, 3.8) is 0 Å². The number of hydrogen-bond acceptors (Lipinski definition) is 4. The van der Waals surface area contributed by atoms with Gasteiger partial charge in [-0.1, -0.05) is 37.3 Å². The van der Waals surface area contributed by atoms with Crippen LogP contribution in [0.15, 0.2) is 47.2 Å². The smallest absolute Gasteiger partial charge is 0.134 e. The maximum Gasteiger partial charge on any atom is 0.134 e. The van der Waals surface area contributed by atoms with Gasteiger partial charge in [-0.2, -0.15) is 5.26 Å². The standard InChI is InChI=1S/C18H14N2S2/c1-2-13-5-7-14(8-6-13)10-15(11-19)18-20-16(12-22-18)17-4-3-9-21-17/h3-10,12H,2H2,1H3/b15-10-. The van der Waals surface area contributed by atoms with Crippen molar-refractivity contribution in [2.45, 2.75) is 13.3 Å². The van der Waals surface area contributed by atoms with Crippen LogP contribution in [0, 0.1) is 11.3 Å². The zero-order valence-electron chi connectivity index (χ0n) is 12.1. The van der Waals surface area contributed by atoms with Crippen molar-refractivity contribution in [1.82, 2.24) is 4.98 Å². The molecule has 3 aromatic rings. The number of nitriles is 1. The summed E-state index contributed by atoms with van der Waals surface area (Å²) >= 11 is 3.17. The Morgan fingerprint density at radius 2 is 2.05 bits per heavy atom. The Kier molecular flexibility index (Phi) is 4.47. The minimum atomic E-state index is 0.608. The van der Waals surface area contributed by atoms with Gasteiger partial charge >= 0.3 is 0 Å². The molecule has 0 saturated heterocycles. The molecule has 22 heavy (non-hydrogen) atoms. The Bertz CT molecular complexity index is 819. The highest BCUT2D eigenvalue weighted by Crippen LogP contribution is 2.29. The van der Waals surface area contributed by atoms with Gasteiger partial charge < -0.3 is 0 Å². The zero-order chi connectivity index (χ0) is 15.4. The molecule has 0 aliphatic carbocycles. The molecule has 2 nitrogen and oxygen atoms in total. The van der Waals surface area contributed by atoms with Crippen molar-refractivity contribution in [3.8, 4) is 16.6 Å². The molecule has 108 valence electrons. The molecule has 0 unspecified atom stereocenters. The number of benzene rings is 1. The van der Waals surface area contributed by atoms with Crippen LogP contribution in [0.25, 0.3) is 22.2 Å². The van der Waals surface area contributed by atoms with Crippen LogP contribution in [0.5, 0.6) is 0 Å². The Balaban J connectivity index is 1.90. The lowest BCUT2D eigenvalue weighted by atomic mass is 10.1. The Hall–Kier alpha value is -2.22. The molecule has 0 amide bonds. The van der Waals surface area contributed by atoms with Gasteiger partial charge in [-0.05, 0) is 35.1 Å². The van der Waals surface area contributed by atoms with Crippen LogP contribution >= 0.6 is 22.7 Å². The third-order valence-corrected chi connectivity index (χ3v) is 5.10. The fraction of sp³-hybridized carbons (Fsp3) is 0.111. The average molecular weight is 322 g/mol. The minimum Gasteiger partial charge on any atom is -0.234 e. The lowest BCUT2D eigenvalue weighted by molar-refractivity contribution is 1.14. The third kappa shape index (κ3) is 3.16. The van der Waals surface area contributed by atoms with E-state index in [4.69, 9.17) is 0 Å². The number of thiophene rings is 1. The highest BCUT2D eigenvalue weighted by Gasteiger charge is 2.09. The van der Waals surface area contributed by atoms with Crippen molar-refractivity contribution in [1.29, 1.82) is 5.26 Å². The Labute approximate surface area is 138 Å². The van der Waals surface area contributed by atoms with Gasteiger partial charge in [-0.3, -0.25) is 0 Å². The molecule has 0 atom stereocenters. The number of allylic oxidation sites excluding steroid dienone is 1. The van der Waals surface area contributed by atoms with Gasteiger partial charge in [0.25, 0.3) is 0 Å². The van der Waals surface area contributed by atoms with Crippen molar-refractivity contribution < 1.29 is 0 Å². The normalized spacial score (nSPS) is 11.4. The fourth-order valence-electron chi connectivity index (χ4n) is 2.09. The molecular formula is C18H14N2S2. The summed E-state index contributed by atoms with van der Waals surface area (Å²) in [6.07, 6.45) is 2.92. The summed E-state index contributed by atoms with van der Waals surface area (Å²) in [6, 6.07) is 14.6.